The van der Waals surface area contributed by atoms with Crippen molar-refractivity contribution >= 4 is 40.2 Å². The van der Waals surface area contributed by atoms with Crippen LogP contribution >= 0.6 is 0 Å². The monoisotopic (exact) mass is 1060 g/mol. The molecule has 0 saturated carbocycles. The first-order valence-electron chi connectivity index (χ1n) is 23.9. The van der Waals surface area contributed by atoms with Crippen LogP contribution < -0.4 is 17.0 Å². The summed E-state index contributed by atoms with van der Waals surface area (Å²) in [4.78, 5) is 94.3. The number of nitrogens with zero attached hydrogens (tertiary/aromatic N) is 3. The maximum atomic E-state index is 14.7. The number of hydrogen-bond acceptors (Lipinski definition) is 20. The first-order valence-corrected chi connectivity index (χ1v) is 25.3. The highest BCUT2D eigenvalue weighted by Crippen LogP contribution is 2.37. The molecule has 3 aliphatic rings. The van der Waals surface area contributed by atoms with E-state index in [4.69, 9.17) is 29.4 Å². The summed E-state index contributed by atoms with van der Waals surface area (Å²) in [6.45, 7) is 2.58. The maximum absolute atomic E-state index is 14.7. The maximum Gasteiger partial charge on any atom is 0.397 e. The van der Waals surface area contributed by atoms with Crippen molar-refractivity contribution in [2.45, 2.75) is 164 Å². The number of carbonyl (C=O) groups excluding carboxylic acids is 3. The number of unbranched alkanes of at least 4 members (excludes halogenated alkanes) is 3. The van der Waals surface area contributed by atoms with Crippen LogP contribution in [0.4, 0.5) is 0 Å². The Kier molecular flexibility index (Phi) is 23.5. The van der Waals surface area contributed by atoms with Crippen molar-refractivity contribution < 1.29 is 90.3 Å². The third kappa shape index (κ3) is 17.7. The zero-order valence-corrected chi connectivity index (χ0v) is 41.8. The van der Waals surface area contributed by atoms with Crippen molar-refractivity contribution in [1.82, 2.24) is 19.4 Å². The lowest BCUT2D eigenvalue weighted by atomic mass is 9.97. The van der Waals surface area contributed by atoms with Crippen LogP contribution in [-0.4, -0.2) is 188 Å². The molecular formula is C46H69N5O21S. The van der Waals surface area contributed by atoms with Crippen LogP contribution in [-0.2, 0) is 62.2 Å². The molecule has 0 unspecified atom stereocenters. The summed E-state index contributed by atoms with van der Waals surface area (Å²) in [6, 6.07) is -2.92. The molecule has 3 aliphatic heterocycles. The van der Waals surface area contributed by atoms with Crippen molar-refractivity contribution in [3.8, 4) is 0 Å². The summed E-state index contributed by atoms with van der Waals surface area (Å²) in [5, 5.41) is 53.5. The number of ether oxygens (including phenoxy) is 5. The number of esters is 2. The fourth-order valence-electron chi connectivity index (χ4n) is 8.72. The van der Waals surface area contributed by atoms with Gasteiger partial charge in [0, 0.05) is 45.2 Å². The van der Waals surface area contributed by atoms with Crippen LogP contribution in [0, 0.1) is 5.92 Å². The molecule has 0 bridgehead atoms. The summed E-state index contributed by atoms with van der Waals surface area (Å²) in [5.41, 5.74) is 3.78. The molecule has 3 fully saturated rings. The Morgan fingerprint density at radius 1 is 0.904 bits per heavy atom. The quantitative estimate of drug-likeness (QED) is 0.0227. The number of aromatic amines is 1. The number of aromatic nitrogens is 2. The van der Waals surface area contributed by atoms with Crippen molar-refractivity contribution in [2.75, 3.05) is 27.2 Å². The summed E-state index contributed by atoms with van der Waals surface area (Å²) in [6.07, 6.45) is -2.38. The molecule has 0 aliphatic carbocycles. The molecule has 9 N–H and O–H groups in total. The molecule has 4 heterocycles. The molecule has 27 heteroatoms. The number of carbonyl (C=O) groups is 5. The van der Waals surface area contributed by atoms with E-state index in [1.165, 1.54) is 20.4 Å². The van der Waals surface area contributed by atoms with Gasteiger partial charge in [-0.1, -0.05) is 63.1 Å². The molecule has 4 rings (SSSR count). The van der Waals surface area contributed by atoms with Gasteiger partial charge in [0.15, 0.2) is 24.7 Å². The number of likely N-dealkylation sites (N-methyl/N-ethyl adjacent to an activating group) is 2. The molecule has 3 saturated heterocycles. The predicted octanol–water partition coefficient (Wildman–Crippen LogP) is -0.477. The Bertz CT molecular complexity index is 2340. The number of allylic oxidation sites excluding steroid dienone is 6. The van der Waals surface area contributed by atoms with Crippen molar-refractivity contribution in [2.24, 2.45) is 11.7 Å². The van der Waals surface area contributed by atoms with Crippen molar-refractivity contribution in [3.63, 3.8) is 0 Å². The second kappa shape index (κ2) is 28.5. The van der Waals surface area contributed by atoms with Crippen LogP contribution in [0.5, 0.6) is 0 Å². The molecule has 14 atom stereocenters. The highest BCUT2D eigenvalue weighted by atomic mass is 32.3. The average Bonchev–Trinajstić information content (AvgIpc) is 3.71. The van der Waals surface area contributed by atoms with E-state index in [9.17, 15) is 72.1 Å². The first-order chi connectivity index (χ1) is 34.5. The molecule has 0 radical (unpaired) electrons. The minimum Gasteiger partial charge on any atom is -0.481 e. The van der Waals surface area contributed by atoms with Gasteiger partial charge < -0.3 is 59.9 Å². The number of carboxylic acids is 2. The second-order valence-electron chi connectivity index (χ2n) is 18.2. The Labute approximate surface area is 421 Å². The number of rotatable bonds is 28. The molecular weight excluding hydrogens is 991 g/mol. The number of nitrogens with two attached hydrogens (primary N) is 1. The number of hydrogen-bond donors (Lipinski definition) is 8. The normalized spacial score (nSPS) is 28.4. The first kappa shape index (κ1) is 60.4. The van der Waals surface area contributed by atoms with E-state index in [0.717, 1.165) is 49.9 Å². The molecule has 1 amide bonds. The van der Waals surface area contributed by atoms with Gasteiger partial charge in [-0.25, -0.2) is 13.8 Å². The van der Waals surface area contributed by atoms with E-state index in [1.807, 2.05) is 29.3 Å². The minimum absolute atomic E-state index is 0.0915. The lowest BCUT2D eigenvalue weighted by Crippen LogP contribution is -2.60. The summed E-state index contributed by atoms with van der Waals surface area (Å²) in [7, 11) is -3.09. The van der Waals surface area contributed by atoms with Gasteiger partial charge in [0.1, 0.15) is 54.9 Å². The van der Waals surface area contributed by atoms with Gasteiger partial charge in [-0.15, -0.1) is 0 Å². The largest absolute Gasteiger partial charge is 0.481 e. The van der Waals surface area contributed by atoms with E-state index in [0.29, 0.717) is 22.3 Å². The number of H-pyrrole nitrogens is 1. The van der Waals surface area contributed by atoms with Gasteiger partial charge in [-0.3, -0.25) is 43.0 Å². The fourth-order valence-corrected chi connectivity index (χ4v) is 9.20. The predicted molar refractivity (Wildman–Crippen MR) is 253 cm³/mol. The van der Waals surface area contributed by atoms with Gasteiger partial charge in [0.2, 0.25) is 5.91 Å². The van der Waals surface area contributed by atoms with Crippen molar-refractivity contribution in [1.29, 1.82) is 0 Å². The standard InChI is InChI=1S/C46H69N5O21S/c1-5-6-7-8-9-10-11-12-13-14-15-16-17-18-27(67-32(55)22-26(2)21-31(53)54)23-33(56)68-29-25-49(3)35(42(60)50(4)34(29)44(61)62)39(71-45-41(72-73(64,65)66)36(57)28(24-47)69-45)40-37(58)38(59)43(70-40)51-20-19-30(52)48-46(51)63/h9-10,12-13,15-16,19-20,26-29,34-41,43,45,57-59H,5-8,11,14,17-18,21-25,47H2,1-4H3,(H,53,54)(H,61,62)(H,48,52,63)(H,64,65,66)/b10-9-,13-12-,16-15-/t26-,27+,28-,29+,34+,35+,36-,37+,38-,39+,40+,41-,43-,45+/m1/s1. The molecule has 1 aromatic rings. The van der Waals surface area contributed by atoms with E-state index in [2.05, 4.69) is 23.3 Å². The number of nitrogens with one attached hydrogen (secondary N) is 1. The Hall–Kier alpha value is -5.20. The minimum atomic E-state index is -5.38. The van der Waals surface area contributed by atoms with Crippen LogP contribution in [0.1, 0.15) is 90.7 Å². The summed E-state index contributed by atoms with van der Waals surface area (Å²) in [5.74, 6) is -6.42. The number of aliphatic carboxylic acids is 2. The van der Waals surface area contributed by atoms with Gasteiger partial charge in [0.25, 0.3) is 5.56 Å². The van der Waals surface area contributed by atoms with Crippen molar-refractivity contribution in [3.05, 3.63) is 69.6 Å². The molecule has 0 spiro atoms. The fraction of sp³-hybridized carbons (Fsp3) is 0.674. The van der Waals surface area contributed by atoms with Crippen LogP contribution in [0.15, 0.2) is 58.3 Å². The van der Waals surface area contributed by atoms with Crippen LogP contribution in [0.3, 0.4) is 0 Å². The number of amides is 1. The van der Waals surface area contributed by atoms with Gasteiger partial charge >= 0.3 is 40.0 Å². The van der Waals surface area contributed by atoms with E-state index in [-0.39, 0.29) is 19.3 Å². The molecule has 0 aromatic carbocycles. The van der Waals surface area contributed by atoms with Gasteiger partial charge in [-0.2, -0.15) is 8.42 Å². The third-order valence-electron chi connectivity index (χ3n) is 12.3. The van der Waals surface area contributed by atoms with Gasteiger partial charge in [0.05, 0.1) is 6.42 Å². The summed E-state index contributed by atoms with van der Waals surface area (Å²) >= 11 is 0. The number of carboxylic acid groups (broad SMARTS) is 2. The molecule has 1 aromatic heterocycles. The summed E-state index contributed by atoms with van der Waals surface area (Å²) < 4.78 is 68.0. The lowest BCUT2D eigenvalue weighted by Gasteiger charge is -2.38. The van der Waals surface area contributed by atoms with E-state index >= 15 is 0 Å². The third-order valence-corrected chi connectivity index (χ3v) is 12.8. The van der Waals surface area contributed by atoms with Gasteiger partial charge in [-0.05, 0) is 51.5 Å². The smallest absolute Gasteiger partial charge is 0.397 e. The highest BCUT2D eigenvalue weighted by molar-refractivity contribution is 7.80. The second-order valence-corrected chi connectivity index (χ2v) is 19.2. The molecule has 26 nitrogen and oxygen atoms in total. The number of aliphatic hydroxyl groups is 3. The topological polar surface area (TPSA) is 384 Å². The average molecular weight is 1060 g/mol. The Balaban J connectivity index is 1.63. The van der Waals surface area contributed by atoms with Crippen LogP contribution in [0.25, 0.3) is 0 Å². The number of aliphatic hydroxyl groups excluding tert-OH is 3. The Morgan fingerprint density at radius 2 is 1.56 bits per heavy atom. The highest BCUT2D eigenvalue weighted by Gasteiger charge is 2.58. The zero-order chi connectivity index (χ0) is 54.2. The SMILES string of the molecule is CCCCC/C=C\C/C=C\C/C=C\CC[C@@H](CC(=O)O[C@H]1CN(C)[C@@H]([C@H](O[C@@H]2O[C@H](CN)[C@@H](O)[C@H]2OS(=O)(=O)O)[C@H]2O[C@@H](n3ccc(=O)[nH]c3=O)[C@H](O)[C@@H]2O)C(=O)N(C)[C@@H]1C(=O)O)OC(=O)C[C@H](C)CC(=O)O. The Morgan fingerprint density at radius 3 is 2.16 bits per heavy atom. The zero-order valence-electron chi connectivity index (χ0n) is 41.0. The van der Waals surface area contributed by atoms with E-state index < -0.39 is 156 Å². The van der Waals surface area contributed by atoms with E-state index in [1.54, 1.807) is 0 Å². The van der Waals surface area contributed by atoms with Crippen LogP contribution in [0.2, 0.25) is 0 Å². The molecule has 410 valence electrons. The lowest BCUT2D eigenvalue weighted by molar-refractivity contribution is -0.230. The molecule has 73 heavy (non-hydrogen) atoms.